The second kappa shape index (κ2) is 13.7. The SMILES string of the molecule is O=S(=O)(O[C@H]1[C@H](OCc2ccccc2)[C@@H](OCc2ccccc2)[C@@H](O)O[C@@H]1COCc1ccccc1)C(F)(F)F. The quantitative estimate of drug-likeness (QED) is 0.249. The van der Waals surface area contributed by atoms with E-state index in [1.807, 2.05) is 0 Å². The van der Waals surface area contributed by atoms with Crippen LogP contribution < -0.4 is 0 Å². The average Bonchev–Trinajstić information content (AvgIpc) is 2.94. The summed E-state index contributed by atoms with van der Waals surface area (Å²) in [6, 6.07) is 26.4. The average molecular weight is 583 g/mol. The van der Waals surface area contributed by atoms with Gasteiger partial charge < -0.3 is 24.1 Å². The predicted molar refractivity (Wildman–Crippen MR) is 137 cm³/mol. The largest absolute Gasteiger partial charge is 0.523 e. The van der Waals surface area contributed by atoms with Gasteiger partial charge in [-0.2, -0.15) is 21.6 Å². The van der Waals surface area contributed by atoms with E-state index in [-0.39, 0.29) is 19.8 Å². The molecule has 40 heavy (non-hydrogen) atoms. The lowest BCUT2D eigenvalue weighted by Gasteiger charge is -2.43. The van der Waals surface area contributed by atoms with Crippen LogP contribution in [-0.2, 0) is 53.1 Å². The van der Waals surface area contributed by atoms with Crippen molar-refractivity contribution in [3.63, 3.8) is 0 Å². The molecule has 4 rings (SSSR count). The molecule has 216 valence electrons. The Bertz CT molecular complexity index is 1280. The van der Waals surface area contributed by atoms with Crippen LogP contribution in [0.1, 0.15) is 16.7 Å². The normalized spacial score (nSPS) is 23.6. The molecule has 0 spiro atoms. The van der Waals surface area contributed by atoms with E-state index in [2.05, 4.69) is 0 Å². The first-order chi connectivity index (χ1) is 19.1. The van der Waals surface area contributed by atoms with Crippen LogP contribution in [0, 0.1) is 0 Å². The van der Waals surface area contributed by atoms with Crippen LogP contribution in [0.3, 0.4) is 0 Å². The molecule has 0 amide bonds. The maximum absolute atomic E-state index is 13.4. The lowest BCUT2D eigenvalue weighted by Crippen LogP contribution is -2.62. The Morgan fingerprint density at radius 2 is 1.15 bits per heavy atom. The minimum Gasteiger partial charge on any atom is -0.374 e. The van der Waals surface area contributed by atoms with Gasteiger partial charge in [-0.1, -0.05) is 91.0 Å². The number of alkyl halides is 3. The van der Waals surface area contributed by atoms with Gasteiger partial charge in [-0.05, 0) is 16.7 Å². The molecule has 1 N–H and O–H groups in total. The Hall–Kier alpha value is -2.84. The fourth-order valence-corrected chi connectivity index (χ4v) is 4.75. The highest BCUT2D eigenvalue weighted by molar-refractivity contribution is 7.87. The van der Waals surface area contributed by atoms with E-state index >= 15 is 0 Å². The highest BCUT2D eigenvalue weighted by atomic mass is 32.2. The Balaban J connectivity index is 1.61. The number of aliphatic hydroxyl groups excluding tert-OH is 1. The lowest BCUT2D eigenvalue weighted by atomic mass is 9.98. The van der Waals surface area contributed by atoms with Gasteiger partial charge in [0.15, 0.2) is 6.29 Å². The van der Waals surface area contributed by atoms with Crippen molar-refractivity contribution in [2.24, 2.45) is 0 Å². The summed E-state index contributed by atoms with van der Waals surface area (Å²) in [5.41, 5.74) is -3.59. The van der Waals surface area contributed by atoms with Crippen LogP contribution in [0.25, 0.3) is 0 Å². The fraction of sp³-hybridized carbons (Fsp3) is 0.357. The van der Waals surface area contributed by atoms with Gasteiger partial charge in [0.1, 0.15) is 24.4 Å². The fourth-order valence-electron chi connectivity index (χ4n) is 4.11. The van der Waals surface area contributed by atoms with E-state index in [1.54, 1.807) is 91.0 Å². The molecule has 0 saturated carbocycles. The zero-order valence-electron chi connectivity index (χ0n) is 21.2. The zero-order chi connectivity index (χ0) is 28.6. The molecule has 8 nitrogen and oxygen atoms in total. The van der Waals surface area contributed by atoms with Crippen LogP contribution in [0.5, 0.6) is 0 Å². The molecule has 1 aliphatic heterocycles. The number of benzene rings is 3. The maximum atomic E-state index is 13.4. The Kier molecular flexibility index (Phi) is 10.3. The standard InChI is InChI=1S/C28H29F3O8S/c29-28(30,31)40(33,34)39-24-23(19-35-16-20-10-4-1-5-11-20)38-27(32)26(37-18-22-14-8-3-9-15-22)25(24)36-17-21-12-6-2-7-13-21/h1-15,23-27,32H,16-19H2/t23-,24-,25+,26-,27+/m1/s1. The molecular formula is C28H29F3O8S. The Morgan fingerprint density at radius 1 is 0.700 bits per heavy atom. The lowest BCUT2D eigenvalue weighted by molar-refractivity contribution is -0.305. The van der Waals surface area contributed by atoms with Gasteiger partial charge in [0, 0.05) is 0 Å². The second-order valence-electron chi connectivity index (χ2n) is 9.05. The van der Waals surface area contributed by atoms with Crippen molar-refractivity contribution in [2.75, 3.05) is 6.61 Å². The van der Waals surface area contributed by atoms with Crippen molar-refractivity contribution in [3.05, 3.63) is 108 Å². The van der Waals surface area contributed by atoms with E-state index in [1.165, 1.54) is 0 Å². The van der Waals surface area contributed by atoms with E-state index in [4.69, 9.17) is 23.1 Å². The second-order valence-corrected chi connectivity index (χ2v) is 10.6. The van der Waals surface area contributed by atoms with Gasteiger partial charge in [0.05, 0.1) is 26.4 Å². The van der Waals surface area contributed by atoms with Gasteiger partial charge in [-0.15, -0.1) is 0 Å². The molecule has 1 fully saturated rings. The summed E-state index contributed by atoms with van der Waals surface area (Å²) < 4.78 is 92.2. The highest BCUT2D eigenvalue weighted by Gasteiger charge is 2.55. The number of ether oxygens (including phenoxy) is 4. The van der Waals surface area contributed by atoms with Gasteiger partial charge in [0.25, 0.3) is 0 Å². The molecular weight excluding hydrogens is 553 g/mol. The molecule has 3 aromatic rings. The minimum atomic E-state index is -6.08. The van der Waals surface area contributed by atoms with Crippen molar-refractivity contribution in [2.45, 2.75) is 56.0 Å². The minimum absolute atomic E-state index is 0.0546. The van der Waals surface area contributed by atoms with Crippen LogP contribution in [-0.4, -0.2) is 56.3 Å². The third-order valence-corrected chi connectivity index (χ3v) is 7.14. The molecule has 3 aromatic carbocycles. The summed E-state index contributed by atoms with van der Waals surface area (Å²) in [5.74, 6) is 0. The molecule has 0 radical (unpaired) electrons. The smallest absolute Gasteiger partial charge is 0.374 e. The third kappa shape index (κ3) is 8.10. The van der Waals surface area contributed by atoms with Gasteiger partial charge in [-0.3, -0.25) is 4.18 Å². The monoisotopic (exact) mass is 582 g/mol. The third-order valence-electron chi connectivity index (χ3n) is 6.09. The predicted octanol–water partition coefficient (Wildman–Crippen LogP) is 4.33. The molecule has 1 heterocycles. The molecule has 0 aliphatic carbocycles. The number of aliphatic hydroxyl groups is 1. The summed E-state index contributed by atoms with van der Waals surface area (Å²) in [6.07, 6.45) is -7.90. The van der Waals surface area contributed by atoms with E-state index < -0.39 is 52.9 Å². The molecule has 12 heteroatoms. The number of hydrogen-bond acceptors (Lipinski definition) is 8. The van der Waals surface area contributed by atoms with E-state index in [0.29, 0.717) is 11.1 Å². The molecule has 0 unspecified atom stereocenters. The van der Waals surface area contributed by atoms with Crippen molar-refractivity contribution in [1.82, 2.24) is 0 Å². The van der Waals surface area contributed by atoms with Crippen molar-refractivity contribution in [3.8, 4) is 0 Å². The first-order valence-corrected chi connectivity index (χ1v) is 13.8. The number of halogens is 3. The van der Waals surface area contributed by atoms with E-state index in [0.717, 1.165) is 5.56 Å². The summed E-state index contributed by atoms with van der Waals surface area (Å²) in [5, 5.41) is 10.9. The Labute approximate surface area is 230 Å². The first-order valence-electron chi connectivity index (χ1n) is 12.4. The zero-order valence-corrected chi connectivity index (χ0v) is 22.0. The summed E-state index contributed by atoms with van der Waals surface area (Å²) in [7, 11) is -6.08. The Morgan fingerprint density at radius 3 is 1.62 bits per heavy atom. The van der Waals surface area contributed by atoms with Gasteiger partial charge in [-0.25, -0.2) is 0 Å². The van der Waals surface area contributed by atoms with E-state index in [9.17, 15) is 26.7 Å². The summed E-state index contributed by atoms with van der Waals surface area (Å²) in [4.78, 5) is 0. The molecule has 5 atom stereocenters. The van der Waals surface area contributed by atoms with Crippen molar-refractivity contribution in [1.29, 1.82) is 0 Å². The van der Waals surface area contributed by atoms with Crippen LogP contribution in [0.2, 0.25) is 0 Å². The molecule has 0 aromatic heterocycles. The summed E-state index contributed by atoms with van der Waals surface area (Å²) in [6.45, 7) is -0.544. The molecule has 0 bridgehead atoms. The van der Waals surface area contributed by atoms with Crippen LogP contribution in [0.4, 0.5) is 13.2 Å². The first kappa shape index (κ1) is 30.1. The number of rotatable bonds is 12. The van der Waals surface area contributed by atoms with Crippen molar-refractivity contribution >= 4 is 10.1 Å². The highest BCUT2D eigenvalue weighted by Crippen LogP contribution is 2.34. The maximum Gasteiger partial charge on any atom is 0.523 e. The van der Waals surface area contributed by atoms with Crippen molar-refractivity contribution < 1.29 is 49.8 Å². The number of hydrogen-bond donors (Lipinski definition) is 1. The van der Waals surface area contributed by atoms with Gasteiger partial charge >= 0.3 is 15.6 Å². The van der Waals surface area contributed by atoms with Crippen LogP contribution in [0.15, 0.2) is 91.0 Å². The summed E-state index contributed by atoms with van der Waals surface area (Å²) >= 11 is 0. The van der Waals surface area contributed by atoms with Crippen LogP contribution >= 0.6 is 0 Å². The van der Waals surface area contributed by atoms with Gasteiger partial charge in [0.2, 0.25) is 0 Å². The molecule has 1 aliphatic rings. The topological polar surface area (TPSA) is 101 Å². The molecule has 1 saturated heterocycles.